The fourth-order valence-electron chi connectivity index (χ4n) is 3.28. The molecule has 1 aliphatic heterocycles. The third-order valence-corrected chi connectivity index (χ3v) is 6.00. The number of hydrogen-bond donors (Lipinski definition) is 0. The van der Waals surface area contributed by atoms with E-state index in [1.807, 2.05) is 30.3 Å². The summed E-state index contributed by atoms with van der Waals surface area (Å²) < 4.78 is 23.3. The number of carbonyl (C=O) groups is 1. The van der Waals surface area contributed by atoms with Gasteiger partial charge in [-0.05, 0) is 41.0 Å². The van der Waals surface area contributed by atoms with Gasteiger partial charge in [-0.15, -0.1) is 0 Å². The summed E-state index contributed by atoms with van der Waals surface area (Å²) in [5.41, 5.74) is 4.62. The van der Waals surface area contributed by atoms with E-state index in [9.17, 15) is 13.2 Å². The Morgan fingerprint density at radius 2 is 1.34 bits per heavy atom. The van der Waals surface area contributed by atoms with E-state index in [1.54, 1.807) is 12.1 Å². The fourth-order valence-corrected chi connectivity index (χ4v) is 3.91. The molecule has 0 aromatic heterocycles. The zero-order chi connectivity index (χ0) is 20.4. The Kier molecular flexibility index (Phi) is 5.03. The lowest BCUT2D eigenvalue weighted by molar-refractivity contribution is -0.118. The molecule has 3 aromatic carbocycles. The second-order valence-electron chi connectivity index (χ2n) is 6.96. The summed E-state index contributed by atoms with van der Waals surface area (Å²) in [6.45, 7) is 0. The summed E-state index contributed by atoms with van der Waals surface area (Å²) >= 11 is 0. The van der Waals surface area contributed by atoms with E-state index in [4.69, 9.17) is 0 Å². The van der Waals surface area contributed by atoms with E-state index in [0.717, 1.165) is 28.7 Å². The van der Waals surface area contributed by atoms with Crippen molar-refractivity contribution in [3.8, 4) is 11.1 Å². The summed E-state index contributed by atoms with van der Waals surface area (Å²) in [4.78, 5) is 12.6. The number of hydrogen-bond acceptors (Lipinski definition) is 4. The van der Waals surface area contributed by atoms with Crippen LogP contribution in [0.4, 0.5) is 5.69 Å². The summed E-state index contributed by atoms with van der Waals surface area (Å²) in [6, 6.07) is 24.5. The third-order valence-electron chi connectivity index (χ3n) is 4.87. The van der Waals surface area contributed by atoms with Crippen LogP contribution in [0.25, 0.3) is 11.1 Å². The highest BCUT2D eigenvalue weighted by atomic mass is 32.2. The minimum atomic E-state index is -3.28. The van der Waals surface area contributed by atoms with Crippen LogP contribution in [0.15, 0.2) is 88.9 Å². The largest absolute Gasteiger partial charge is 0.273 e. The van der Waals surface area contributed by atoms with Crippen molar-refractivity contribution < 1.29 is 13.2 Å². The Bertz CT molecular complexity index is 1170. The number of rotatable bonds is 4. The molecular formula is C23H20N2O3S. The topological polar surface area (TPSA) is 66.8 Å². The summed E-state index contributed by atoms with van der Waals surface area (Å²) in [6.07, 6.45) is 2.08. The minimum absolute atomic E-state index is 0.109. The number of carbonyl (C=O) groups excluding carboxylic acids is 1. The van der Waals surface area contributed by atoms with Gasteiger partial charge >= 0.3 is 0 Å². The van der Waals surface area contributed by atoms with Gasteiger partial charge in [0.05, 0.1) is 16.3 Å². The Balaban J connectivity index is 1.62. The van der Waals surface area contributed by atoms with Crippen LogP contribution in [0.3, 0.4) is 0 Å². The Morgan fingerprint density at radius 3 is 1.97 bits per heavy atom. The first-order valence-corrected chi connectivity index (χ1v) is 11.2. The maximum absolute atomic E-state index is 12.4. The Labute approximate surface area is 170 Å². The average Bonchev–Trinajstić information content (AvgIpc) is 2.74. The van der Waals surface area contributed by atoms with E-state index in [1.165, 1.54) is 17.1 Å². The molecule has 1 heterocycles. The molecule has 0 N–H and O–H groups in total. The maximum Gasteiger partial charge on any atom is 0.247 e. The van der Waals surface area contributed by atoms with Crippen LogP contribution in [-0.4, -0.2) is 26.3 Å². The van der Waals surface area contributed by atoms with Crippen LogP contribution in [0.1, 0.15) is 18.4 Å². The molecule has 0 bridgehead atoms. The highest BCUT2D eigenvalue weighted by Crippen LogP contribution is 2.25. The molecule has 1 aliphatic rings. The van der Waals surface area contributed by atoms with Crippen molar-refractivity contribution >= 4 is 27.1 Å². The van der Waals surface area contributed by atoms with E-state index < -0.39 is 9.84 Å². The Morgan fingerprint density at radius 1 is 0.759 bits per heavy atom. The zero-order valence-electron chi connectivity index (χ0n) is 15.9. The van der Waals surface area contributed by atoms with Gasteiger partial charge < -0.3 is 0 Å². The van der Waals surface area contributed by atoms with Crippen molar-refractivity contribution in [1.29, 1.82) is 0 Å². The van der Waals surface area contributed by atoms with Gasteiger partial charge in [-0.2, -0.15) is 5.10 Å². The van der Waals surface area contributed by atoms with Gasteiger partial charge in [0.2, 0.25) is 5.91 Å². The summed E-state index contributed by atoms with van der Waals surface area (Å²) in [5, 5.41) is 5.91. The first-order chi connectivity index (χ1) is 13.9. The van der Waals surface area contributed by atoms with Crippen molar-refractivity contribution in [3.63, 3.8) is 0 Å². The van der Waals surface area contributed by atoms with Gasteiger partial charge in [-0.1, -0.05) is 54.6 Å². The summed E-state index contributed by atoms with van der Waals surface area (Å²) in [7, 11) is -3.28. The second-order valence-corrected chi connectivity index (χ2v) is 8.98. The first-order valence-electron chi connectivity index (χ1n) is 9.28. The molecule has 0 aliphatic carbocycles. The number of anilines is 1. The van der Waals surface area contributed by atoms with Gasteiger partial charge in [0.1, 0.15) is 0 Å². The van der Waals surface area contributed by atoms with E-state index >= 15 is 0 Å². The smallest absolute Gasteiger partial charge is 0.247 e. The molecule has 0 unspecified atom stereocenters. The molecule has 3 aromatic rings. The van der Waals surface area contributed by atoms with Crippen LogP contribution in [0.2, 0.25) is 0 Å². The quantitative estimate of drug-likeness (QED) is 0.652. The van der Waals surface area contributed by atoms with Crippen LogP contribution >= 0.6 is 0 Å². The second kappa shape index (κ2) is 7.64. The van der Waals surface area contributed by atoms with Crippen LogP contribution in [0.5, 0.6) is 0 Å². The molecule has 6 heteroatoms. The van der Waals surface area contributed by atoms with Crippen LogP contribution in [0, 0.1) is 0 Å². The highest BCUT2D eigenvalue weighted by molar-refractivity contribution is 7.90. The predicted octanol–water partition coefficient (Wildman–Crippen LogP) is 4.29. The molecule has 0 saturated heterocycles. The molecule has 146 valence electrons. The van der Waals surface area contributed by atoms with Gasteiger partial charge in [0, 0.05) is 19.1 Å². The lowest BCUT2D eigenvalue weighted by Gasteiger charge is -2.24. The normalized spacial score (nSPS) is 14.6. The minimum Gasteiger partial charge on any atom is -0.273 e. The molecule has 0 spiro atoms. The predicted molar refractivity (Wildman–Crippen MR) is 115 cm³/mol. The zero-order valence-corrected chi connectivity index (χ0v) is 16.8. The van der Waals surface area contributed by atoms with Gasteiger partial charge in [0.15, 0.2) is 9.84 Å². The molecular weight excluding hydrogens is 384 g/mol. The molecule has 0 saturated carbocycles. The van der Waals surface area contributed by atoms with Gasteiger partial charge in [0.25, 0.3) is 0 Å². The van der Waals surface area contributed by atoms with Crippen LogP contribution in [-0.2, 0) is 14.6 Å². The van der Waals surface area contributed by atoms with Crippen molar-refractivity contribution in [1.82, 2.24) is 0 Å². The average molecular weight is 404 g/mol. The van der Waals surface area contributed by atoms with Gasteiger partial charge in [-0.25, -0.2) is 13.4 Å². The van der Waals surface area contributed by atoms with Crippen molar-refractivity contribution in [2.75, 3.05) is 11.3 Å². The number of benzene rings is 3. The van der Waals surface area contributed by atoms with E-state index in [-0.39, 0.29) is 10.8 Å². The molecule has 0 atom stereocenters. The Hall–Kier alpha value is -3.25. The monoisotopic (exact) mass is 404 g/mol. The van der Waals surface area contributed by atoms with Crippen molar-refractivity contribution in [3.05, 3.63) is 84.4 Å². The van der Waals surface area contributed by atoms with Gasteiger partial charge in [-0.3, -0.25) is 4.79 Å². The van der Waals surface area contributed by atoms with Crippen molar-refractivity contribution in [2.45, 2.75) is 17.7 Å². The first kappa shape index (κ1) is 19.1. The summed E-state index contributed by atoms with van der Waals surface area (Å²) in [5.74, 6) is -0.109. The molecule has 29 heavy (non-hydrogen) atoms. The molecule has 0 radical (unpaired) electrons. The standard InChI is InChI=1S/C23H20N2O3S/c1-29(27,28)21-13-11-20(12-14-21)25-23(26)16-15-22(24-25)19-9-7-18(8-10-19)17-5-3-2-4-6-17/h2-14H,15-16H2,1H3. The van der Waals surface area contributed by atoms with E-state index in [0.29, 0.717) is 18.5 Å². The van der Waals surface area contributed by atoms with Crippen molar-refractivity contribution in [2.24, 2.45) is 5.10 Å². The lowest BCUT2D eigenvalue weighted by Crippen LogP contribution is -2.31. The third kappa shape index (κ3) is 4.12. The number of sulfone groups is 1. The maximum atomic E-state index is 12.4. The van der Waals surface area contributed by atoms with E-state index in [2.05, 4.69) is 29.4 Å². The molecule has 5 nitrogen and oxygen atoms in total. The fraction of sp³-hybridized carbons (Fsp3) is 0.130. The number of hydrazone groups is 1. The number of amides is 1. The highest BCUT2D eigenvalue weighted by Gasteiger charge is 2.23. The lowest BCUT2D eigenvalue weighted by atomic mass is 9.99. The number of nitrogens with zero attached hydrogens (tertiary/aromatic N) is 2. The molecule has 0 fully saturated rings. The molecule has 4 rings (SSSR count). The van der Waals surface area contributed by atoms with Crippen LogP contribution < -0.4 is 5.01 Å². The SMILES string of the molecule is CS(=O)(=O)c1ccc(N2N=C(c3ccc(-c4ccccc4)cc3)CCC2=O)cc1. The molecule has 1 amide bonds.